The van der Waals surface area contributed by atoms with Crippen LogP contribution in [0.5, 0.6) is 0 Å². The van der Waals surface area contributed by atoms with E-state index in [1.54, 1.807) is 16.2 Å². The molecule has 0 aliphatic carbocycles. The zero-order chi connectivity index (χ0) is 15.6. The molecule has 3 atom stereocenters. The summed E-state index contributed by atoms with van der Waals surface area (Å²) in [5, 5.41) is 6.98. The van der Waals surface area contributed by atoms with Gasteiger partial charge in [-0.1, -0.05) is 27.2 Å². The van der Waals surface area contributed by atoms with Crippen LogP contribution < -0.4 is 5.32 Å². The highest BCUT2D eigenvalue weighted by Gasteiger charge is 2.48. The highest BCUT2D eigenvalue weighted by atomic mass is 32.1. The van der Waals surface area contributed by atoms with Crippen LogP contribution in [0.1, 0.15) is 46.1 Å². The third-order valence-electron chi connectivity index (χ3n) is 4.56. The number of hydrogen-bond donors (Lipinski definition) is 1. The number of carbonyl (C=O) groups excluding carboxylic acids is 2. The predicted octanol–water partition coefficient (Wildman–Crippen LogP) is 2.79. The van der Waals surface area contributed by atoms with Crippen LogP contribution in [0, 0.1) is 5.92 Å². The molecule has 2 heterocycles. The molecule has 4 nitrogen and oxygen atoms in total. The second kappa shape index (κ2) is 6.18. The van der Waals surface area contributed by atoms with Crippen molar-refractivity contribution in [3.05, 3.63) is 22.4 Å². The predicted molar refractivity (Wildman–Crippen MR) is 85.0 cm³/mol. The summed E-state index contributed by atoms with van der Waals surface area (Å²) < 4.78 is 0. The normalized spacial score (nSPS) is 27.6. The molecule has 0 bridgehead atoms. The van der Waals surface area contributed by atoms with E-state index in [1.165, 1.54) is 0 Å². The van der Waals surface area contributed by atoms with Gasteiger partial charge in [-0.2, -0.15) is 11.3 Å². The van der Waals surface area contributed by atoms with Crippen molar-refractivity contribution in [2.24, 2.45) is 5.92 Å². The summed E-state index contributed by atoms with van der Waals surface area (Å²) in [4.78, 5) is 27.2. The molecule has 2 amide bonds. The average Bonchev–Trinajstić information content (AvgIpc) is 2.97. The van der Waals surface area contributed by atoms with Crippen LogP contribution in [0.15, 0.2) is 16.8 Å². The molecule has 1 aromatic rings. The van der Waals surface area contributed by atoms with Crippen molar-refractivity contribution in [1.82, 2.24) is 10.2 Å². The van der Waals surface area contributed by atoms with Gasteiger partial charge in [-0.3, -0.25) is 9.59 Å². The molecule has 0 aromatic carbocycles. The van der Waals surface area contributed by atoms with Crippen LogP contribution in [-0.2, 0) is 16.1 Å². The Morgan fingerprint density at radius 1 is 1.43 bits per heavy atom. The smallest absolute Gasteiger partial charge is 0.249 e. The van der Waals surface area contributed by atoms with Gasteiger partial charge in [-0.15, -0.1) is 0 Å². The Hall–Kier alpha value is -1.36. The molecule has 1 saturated heterocycles. The quantitative estimate of drug-likeness (QED) is 0.909. The maximum absolute atomic E-state index is 12.9. The first kappa shape index (κ1) is 16.0. The minimum absolute atomic E-state index is 0.0245. The lowest BCUT2D eigenvalue weighted by molar-refractivity contribution is -0.157. The van der Waals surface area contributed by atoms with Crippen molar-refractivity contribution in [1.29, 1.82) is 0 Å². The number of piperazine rings is 1. The first-order valence-corrected chi connectivity index (χ1v) is 8.51. The standard InChI is InChI=1S/C16H24N2O2S/c1-5-11(3)13-14(19)17-16(4,6-2)15(20)18(13)9-12-7-8-21-10-12/h7-8,10-11,13H,5-6,9H2,1-4H3,(H,17,19). The van der Waals surface area contributed by atoms with E-state index < -0.39 is 5.54 Å². The summed E-state index contributed by atoms with van der Waals surface area (Å²) in [6, 6.07) is 1.64. The average molecular weight is 308 g/mol. The maximum atomic E-state index is 12.9. The van der Waals surface area contributed by atoms with Crippen molar-refractivity contribution in [3.63, 3.8) is 0 Å². The number of nitrogens with zero attached hydrogens (tertiary/aromatic N) is 1. The van der Waals surface area contributed by atoms with E-state index in [1.807, 2.05) is 37.6 Å². The number of rotatable bonds is 5. The molecule has 1 aliphatic rings. The fourth-order valence-corrected chi connectivity index (χ4v) is 3.42. The number of nitrogens with one attached hydrogen (secondary N) is 1. The van der Waals surface area contributed by atoms with E-state index in [0.717, 1.165) is 12.0 Å². The summed E-state index contributed by atoms with van der Waals surface area (Å²) >= 11 is 1.61. The van der Waals surface area contributed by atoms with Gasteiger partial charge in [0.15, 0.2) is 0 Å². The second-order valence-electron chi connectivity index (χ2n) is 6.07. The van der Waals surface area contributed by atoms with Crippen LogP contribution in [0.25, 0.3) is 0 Å². The van der Waals surface area contributed by atoms with Crippen molar-refractivity contribution in [2.75, 3.05) is 0 Å². The molecule has 2 rings (SSSR count). The van der Waals surface area contributed by atoms with Crippen molar-refractivity contribution < 1.29 is 9.59 Å². The monoisotopic (exact) mass is 308 g/mol. The Bertz CT molecular complexity index is 514. The van der Waals surface area contributed by atoms with Gasteiger partial charge in [-0.25, -0.2) is 0 Å². The largest absolute Gasteiger partial charge is 0.340 e. The summed E-state index contributed by atoms with van der Waals surface area (Å²) in [5.41, 5.74) is 0.312. The van der Waals surface area contributed by atoms with E-state index in [4.69, 9.17) is 0 Å². The van der Waals surface area contributed by atoms with Crippen molar-refractivity contribution in [3.8, 4) is 0 Å². The minimum atomic E-state index is -0.781. The van der Waals surface area contributed by atoms with E-state index in [9.17, 15) is 9.59 Å². The van der Waals surface area contributed by atoms with Gasteiger partial charge in [-0.05, 0) is 41.7 Å². The Morgan fingerprint density at radius 2 is 2.14 bits per heavy atom. The van der Waals surface area contributed by atoms with E-state index in [2.05, 4.69) is 12.2 Å². The highest BCUT2D eigenvalue weighted by molar-refractivity contribution is 7.07. The molecule has 1 N–H and O–H groups in total. The van der Waals surface area contributed by atoms with Crippen molar-refractivity contribution in [2.45, 2.75) is 58.7 Å². The molecule has 21 heavy (non-hydrogen) atoms. The first-order chi connectivity index (χ1) is 9.92. The Balaban J connectivity index is 2.35. The number of thiophene rings is 1. The Kier molecular flexibility index (Phi) is 4.71. The van der Waals surface area contributed by atoms with E-state index >= 15 is 0 Å². The van der Waals surface area contributed by atoms with Crippen LogP contribution in [-0.4, -0.2) is 28.3 Å². The van der Waals surface area contributed by atoms with Gasteiger partial charge in [0.1, 0.15) is 11.6 Å². The Morgan fingerprint density at radius 3 is 2.67 bits per heavy atom. The zero-order valence-electron chi connectivity index (χ0n) is 13.2. The molecule has 1 aliphatic heterocycles. The van der Waals surface area contributed by atoms with Crippen molar-refractivity contribution >= 4 is 23.2 Å². The number of carbonyl (C=O) groups is 2. The summed E-state index contributed by atoms with van der Waals surface area (Å²) in [7, 11) is 0. The van der Waals surface area contributed by atoms with Crippen LogP contribution in [0.2, 0.25) is 0 Å². The lowest BCUT2D eigenvalue weighted by Crippen LogP contribution is -2.69. The third-order valence-corrected chi connectivity index (χ3v) is 5.29. The molecule has 5 heteroatoms. The lowest BCUT2D eigenvalue weighted by Gasteiger charge is -2.46. The van der Waals surface area contributed by atoms with Gasteiger partial charge >= 0.3 is 0 Å². The second-order valence-corrected chi connectivity index (χ2v) is 6.85. The van der Waals surface area contributed by atoms with Gasteiger partial charge in [0.25, 0.3) is 0 Å². The lowest BCUT2D eigenvalue weighted by atomic mass is 9.86. The molecule has 0 saturated carbocycles. The fourth-order valence-electron chi connectivity index (χ4n) is 2.76. The summed E-state index contributed by atoms with van der Waals surface area (Å²) in [6.45, 7) is 8.36. The molecule has 116 valence electrons. The minimum Gasteiger partial charge on any atom is -0.340 e. The topological polar surface area (TPSA) is 49.4 Å². The zero-order valence-corrected chi connectivity index (χ0v) is 14.0. The van der Waals surface area contributed by atoms with Crippen LogP contribution in [0.4, 0.5) is 0 Å². The van der Waals surface area contributed by atoms with Crippen LogP contribution >= 0.6 is 11.3 Å². The number of amides is 2. The first-order valence-electron chi connectivity index (χ1n) is 7.57. The molecular formula is C16H24N2O2S. The molecule has 3 unspecified atom stereocenters. The molecule has 0 spiro atoms. The van der Waals surface area contributed by atoms with Crippen LogP contribution in [0.3, 0.4) is 0 Å². The van der Waals surface area contributed by atoms with Gasteiger partial charge in [0.2, 0.25) is 11.8 Å². The Labute approximate surface area is 130 Å². The summed E-state index contributed by atoms with van der Waals surface area (Å²) in [5.74, 6) is 0.152. The highest BCUT2D eigenvalue weighted by Crippen LogP contribution is 2.28. The van der Waals surface area contributed by atoms with E-state index in [-0.39, 0.29) is 23.8 Å². The van der Waals surface area contributed by atoms with E-state index in [0.29, 0.717) is 13.0 Å². The molecular weight excluding hydrogens is 284 g/mol. The SMILES string of the molecule is CCC(C)C1C(=O)NC(C)(CC)C(=O)N1Cc1ccsc1. The maximum Gasteiger partial charge on any atom is 0.249 e. The van der Waals surface area contributed by atoms with Gasteiger partial charge < -0.3 is 10.2 Å². The molecule has 1 aromatic heterocycles. The third kappa shape index (κ3) is 2.98. The fraction of sp³-hybridized carbons (Fsp3) is 0.625. The van der Waals surface area contributed by atoms with Gasteiger partial charge in [0.05, 0.1) is 0 Å². The molecule has 0 radical (unpaired) electrons. The molecule has 1 fully saturated rings. The number of hydrogen-bond acceptors (Lipinski definition) is 3. The van der Waals surface area contributed by atoms with Gasteiger partial charge in [0, 0.05) is 6.54 Å². The summed E-state index contributed by atoms with van der Waals surface area (Å²) in [6.07, 6.45) is 1.47.